The number of benzene rings is 2. The molecule has 0 saturated heterocycles. The zero-order valence-corrected chi connectivity index (χ0v) is 17.7. The van der Waals surface area contributed by atoms with Crippen LogP contribution in [0, 0.1) is 0 Å². The van der Waals surface area contributed by atoms with E-state index >= 15 is 0 Å². The first-order chi connectivity index (χ1) is 14.3. The van der Waals surface area contributed by atoms with Gasteiger partial charge in [-0.2, -0.15) is 4.98 Å². The van der Waals surface area contributed by atoms with Crippen LogP contribution in [0.25, 0.3) is 0 Å². The van der Waals surface area contributed by atoms with E-state index in [9.17, 15) is 8.42 Å². The molecule has 10 heteroatoms. The fourth-order valence-corrected chi connectivity index (χ4v) is 3.79. The molecule has 1 aliphatic rings. The summed E-state index contributed by atoms with van der Waals surface area (Å²) in [4.78, 5) is 10.8. The van der Waals surface area contributed by atoms with Crippen molar-refractivity contribution < 1.29 is 8.42 Å². The van der Waals surface area contributed by atoms with Crippen LogP contribution in [0.2, 0.25) is 0 Å². The van der Waals surface area contributed by atoms with Gasteiger partial charge in [0.15, 0.2) is 0 Å². The highest BCUT2D eigenvalue weighted by atomic mass is 32.2. The number of nitrogens with zero attached hydrogens (tertiary/aromatic N) is 3. The number of anilines is 6. The Morgan fingerprint density at radius 1 is 1.10 bits per heavy atom. The monoisotopic (exact) mass is 425 g/mol. The smallest absolute Gasteiger partial charge is 0.229 e. The molecule has 4 rings (SSSR count). The molecule has 156 valence electrons. The Morgan fingerprint density at radius 2 is 1.90 bits per heavy atom. The van der Waals surface area contributed by atoms with E-state index in [1.807, 2.05) is 24.1 Å². The van der Waals surface area contributed by atoms with Gasteiger partial charge in [0.2, 0.25) is 16.0 Å². The SMILES string of the molecule is CC1NNc2cc(N(C)c3ccnc(Nc4cccc(NS(C)(=O)=O)c4)n3)ccc21. The number of fused-ring (bicyclic) bond motifs is 1. The summed E-state index contributed by atoms with van der Waals surface area (Å²) in [6.07, 6.45) is 2.79. The number of sulfonamides is 1. The van der Waals surface area contributed by atoms with E-state index in [0.717, 1.165) is 23.4 Å². The zero-order valence-electron chi connectivity index (χ0n) is 16.8. The minimum absolute atomic E-state index is 0.266. The van der Waals surface area contributed by atoms with E-state index in [1.54, 1.807) is 24.4 Å². The Hall–Kier alpha value is -3.37. The van der Waals surface area contributed by atoms with Crippen LogP contribution in [0.3, 0.4) is 0 Å². The van der Waals surface area contributed by atoms with Crippen LogP contribution in [0.4, 0.5) is 34.5 Å². The van der Waals surface area contributed by atoms with Crippen molar-refractivity contribution in [2.24, 2.45) is 0 Å². The van der Waals surface area contributed by atoms with E-state index in [4.69, 9.17) is 0 Å². The molecule has 3 aromatic rings. The summed E-state index contributed by atoms with van der Waals surface area (Å²) in [5, 5.41) is 3.12. The molecule has 0 spiro atoms. The molecule has 2 heterocycles. The molecule has 1 aliphatic heterocycles. The van der Waals surface area contributed by atoms with Gasteiger partial charge in [-0.1, -0.05) is 12.1 Å². The fraction of sp³-hybridized carbons (Fsp3) is 0.200. The highest BCUT2D eigenvalue weighted by Gasteiger charge is 2.18. The summed E-state index contributed by atoms with van der Waals surface area (Å²) >= 11 is 0. The molecule has 0 fully saturated rings. The van der Waals surface area contributed by atoms with Gasteiger partial charge in [0.1, 0.15) is 5.82 Å². The molecule has 0 amide bonds. The lowest BCUT2D eigenvalue weighted by Crippen LogP contribution is -2.15. The molecule has 2 aromatic carbocycles. The number of hydrazine groups is 1. The minimum Gasteiger partial charge on any atom is -0.329 e. The van der Waals surface area contributed by atoms with Crippen LogP contribution in [0.1, 0.15) is 18.5 Å². The Labute approximate surface area is 175 Å². The summed E-state index contributed by atoms with van der Waals surface area (Å²) in [6.45, 7) is 2.10. The second-order valence-corrected chi connectivity index (χ2v) is 8.89. The first kappa shape index (κ1) is 19.9. The van der Waals surface area contributed by atoms with E-state index < -0.39 is 10.0 Å². The van der Waals surface area contributed by atoms with Gasteiger partial charge in [-0.3, -0.25) is 4.72 Å². The molecule has 0 radical (unpaired) electrons. The minimum atomic E-state index is -3.35. The lowest BCUT2D eigenvalue weighted by Gasteiger charge is -2.20. The summed E-state index contributed by atoms with van der Waals surface area (Å²) in [7, 11) is -1.41. The molecular formula is C20H23N7O2S. The van der Waals surface area contributed by atoms with E-state index in [1.165, 1.54) is 5.56 Å². The molecule has 0 bridgehead atoms. The number of rotatable bonds is 6. The second kappa shape index (κ2) is 7.81. The standard InChI is InChI=1S/C20H23N7O2S/c1-13-17-8-7-16(12-18(17)25-24-13)27(2)19-9-10-21-20(23-19)22-14-5-4-6-15(11-14)26-30(3,28)29/h4-13,24-26H,1-3H3,(H,21,22,23). The highest BCUT2D eigenvalue weighted by Crippen LogP contribution is 2.33. The van der Waals surface area contributed by atoms with Crippen LogP contribution in [0.5, 0.6) is 0 Å². The molecule has 1 aromatic heterocycles. The van der Waals surface area contributed by atoms with Gasteiger partial charge in [0.05, 0.1) is 23.7 Å². The van der Waals surface area contributed by atoms with Crippen molar-refractivity contribution in [3.8, 4) is 0 Å². The van der Waals surface area contributed by atoms with Crippen molar-refractivity contribution in [1.29, 1.82) is 0 Å². The van der Waals surface area contributed by atoms with Crippen molar-refractivity contribution in [2.45, 2.75) is 13.0 Å². The van der Waals surface area contributed by atoms with Crippen LogP contribution < -0.4 is 25.8 Å². The van der Waals surface area contributed by atoms with E-state index in [-0.39, 0.29) is 6.04 Å². The van der Waals surface area contributed by atoms with Crippen molar-refractivity contribution in [3.05, 3.63) is 60.3 Å². The van der Waals surface area contributed by atoms with Crippen molar-refractivity contribution in [1.82, 2.24) is 15.4 Å². The molecule has 0 aliphatic carbocycles. The third-order valence-electron chi connectivity index (χ3n) is 4.72. The van der Waals surface area contributed by atoms with Crippen LogP contribution >= 0.6 is 0 Å². The largest absolute Gasteiger partial charge is 0.329 e. The van der Waals surface area contributed by atoms with Crippen LogP contribution in [-0.2, 0) is 10.0 Å². The second-order valence-electron chi connectivity index (χ2n) is 7.14. The summed E-state index contributed by atoms with van der Waals surface area (Å²) < 4.78 is 25.3. The van der Waals surface area contributed by atoms with Crippen LogP contribution in [0.15, 0.2) is 54.7 Å². The van der Waals surface area contributed by atoms with Crippen molar-refractivity contribution in [2.75, 3.05) is 33.7 Å². The lowest BCUT2D eigenvalue weighted by atomic mass is 10.1. The van der Waals surface area contributed by atoms with Gasteiger partial charge >= 0.3 is 0 Å². The molecular weight excluding hydrogens is 402 g/mol. The maximum atomic E-state index is 11.4. The number of aromatic nitrogens is 2. The van der Waals surface area contributed by atoms with Gasteiger partial charge in [0, 0.05) is 24.6 Å². The number of hydrogen-bond donors (Lipinski definition) is 4. The average molecular weight is 426 g/mol. The van der Waals surface area contributed by atoms with Gasteiger partial charge in [-0.25, -0.2) is 18.8 Å². The number of nitrogens with one attached hydrogen (secondary N) is 4. The quantitative estimate of drug-likeness (QED) is 0.476. The Balaban J connectivity index is 1.54. The third kappa shape index (κ3) is 4.44. The van der Waals surface area contributed by atoms with Gasteiger partial charge in [-0.15, -0.1) is 0 Å². The molecule has 0 saturated carbocycles. The predicted octanol–water partition coefficient (Wildman–Crippen LogP) is 3.35. The first-order valence-corrected chi connectivity index (χ1v) is 11.2. The normalized spacial score (nSPS) is 15.2. The van der Waals surface area contributed by atoms with Gasteiger partial charge in [0.25, 0.3) is 0 Å². The van der Waals surface area contributed by atoms with Crippen molar-refractivity contribution >= 4 is 44.5 Å². The average Bonchev–Trinajstić information content (AvgIpc) is 3.07. The third-order valence-corrected chi connectivity index (χ3v) is 5.33. The maximum absolute atomic E-state index is 11.4. The molecule has 1 atom stereocenters. The molecule has 9 nitrogen and oxygen atoms in total. The van der Waals surface area contributed by atoms with E-state index in [0.29, 0.717) is 17.3 Å². The Kier molecular flexibility index (Phi) is 5.18. The van der Waals surface area contributed by atoms with Crippen molar-refractivity contribution in [3.63, 3.8) is 0 Å². The Morgan fingerprint density at radius 3 is 2.70 bits per heavy atom. The fourth-order valence-electron chi connectivity index (χ4n) is 3.23. The topological polar surface area (TPSA) is 111 Å². The summed E-state index contributed by atoms with van der Waals surface area (Å²) in [5.41, 5.74) is 10.8. The maximum Gasteiger partial charge on any atom is 0.229 e. The predicted molar refractivity (Wildman–Crippen MR) is 120 cm³/mol. The zero-order chi connectivity index (χ0) is 21.3. The first-order valence-electron chi connectivity index (χ1n) is 9.36. The number of hydrogen-bond acceptors (Lipinski definition) is 8. The highest BCUT2D eigenvalue weighted by molar-refractivity contribution is 7.92. The van der Waals surface area contributed by atoms with Gasteiger partial charge in [-0.05, 0) is 48.9 Å². The van der Waals surface area contributed by atoms with Gasteiger partial charge < -0.3 is 15.6 Å². The molecule has 1 unspecified atom stereocenters. The summed E-state index contributed by atoms with van der Waals surface area (Å²) in [5.74, 6) is 1.13. The Bertz CT molecular complexity index is 1180. The van der Waals surface area contributed by atoms with Crippen LogP contribution in [-0.4, -0.2) is 31.7 Å². The molecule has 30 heavy (non-hydrogen) atoms. The lowest BCUT2D eigenvalue weighted by molar-refractivity contribution is 0.607. The molecule has 4 N–H and O–H groups in total. The van der Waals surface area contributed by atoms with E-state index in [2.05, 4.69) is 56.0 Å². The summed E-state index contributed by atoms with van der Waals surface area (Å²) in [6, 6.07) is 15.2.